The average molecular weight is 357 g/mol. The molecule has 1 aromatic rings. The van der Waals surface area contributed by atoms with Gasteiger partial charge in [-0.1, -0.05) is 13.8 Å². The Hall–Kier alpha value is -2.00. The molecule has 0 aliphatic carbocycles. The molecule has 24 heavy (non-hydrogen) atoms. The zero-order chi connectivity index (χ0) is 18.4. The number of nitrogens with zero attached hydrogens (tertiary/aromatic N) is 2. The summed E-state index contributed by atoms with van der Waals surface area (Å²) < 4.78 is 25.6. The monoisotopic (exact) mass is 357 g/mol. The van der Waals surface area contributed by atoms with Gasteiger partial charge in [0.25, 0.3) is 0 Å². The zero-order valence-electron chi connectivity index (χ0n) is 14.0. The highest BCUT2D eigenvalue weighted by atomic mass is 32.2. The third-order valence-electron chi connectivity index (χ3n) is 3.96. The van der Waals surface area contributed by atoms with Crippen molar-refractivity contribution >= 4 is 21.9 Å². The summed E-state index contributed by atoms with van der Waals surface area (Å²) in [5.41, 5.74) is -0.887. The van der Waals surface area contributed by atoms with Crippen LogP contribution < -0.4 is 5.32 Å². The second-order valence-electron chi connectivity index (χ2n) is 5.56. The van der Waals surface area contributed by atoms with Crippen molar-refractivity contribution in [1.82, 2.24) is 14.6 Å². The van der Waals surface area contributed by atoms with Crippen molar-refractivity contribution in [3.63, 3.8) is 0 Å². The van der Waals surface area contributed by atoms with Crippen LogP contribution in [0.4, 0.5) is 0 Å². The molecule has 0 aliphatic rings. The van der Waals surface area contributed by atoms with Crippen LogP contribution in [0.3, 0.4) is 0 Å². The van der Waals surface area contributed by atoms with E-state index < -0.39 is 34.0 Å². The molecule has 0 unspecified atom stereocenters. The number of amides is 1. The van der Waals surface area contributed by atoms with E-state index in [2.05, 4.69) is 10.3 Å². The zero-order valence-corrected chi connectivity index (χ0v) is 14.8. The van der Waals surface area contributed by atoms with Gasteiger partial charge in [0, 0.05) is 25.0 Å². The highest BCUT2D eigenvalue weighted by Crippen LogP contribution is 2.20. The summed E-state index contributed by atoms with van der Waals surface area (Å²) in [4.78, 5) is 27.0. The number of aliphatic carboxylic acids is 1. The van der Waals surface area contributed by atoms with Crippen LogP contribution in [0, 0.1) is 0 Å². The minimum atomic E-state index is -3.83. The third kappa shape index (κ3) is 5.00. The quantitative estimate of drug-likeness (QED) is 0.677. The van der Waals surface area contributed by atoms with E-state index in [1.54, 1.807) is 13.8 Å². The molecule has 134 valence electrons. The molecule has 0 fully saturated rings. The van der Waals surface area contributed by atoms with Gasteiger partial charge in [-0.15, -0.1) is 0 Å². The Morgan fingerprint density at radius 3 is 2.42 bits per heavy atom. The normalized spacial score (nSPS) is 12.2. The molecule has 0 saturated carbocycles. The van der Waals surface area contributed by atoms with Crippen LogP contribution in [0.2, 0.25) is 0 Å². The molecule has 0 atom stereocenters. The van der Waals surface area contributed by atoms with E-state index in [9.17, 15) is 18.0 Å². The van der Waals surface area contributed by atoms with Crippen molar-refractivity contribution in [3.8, 4) is 0 Å². The first-order chi connectivity index (χ1) is 11.2. The van der Waals surface area contributed by atoms with Crippen LogP contribution in [0.1, 0.15) is 33.1 Å². The van der Waals surface area contributed by atoms with Gasteiger partial charge in [0.1, 0.15) is 4.90 Å². The van der Waals surface area contributed by atoms with E-state index in [1.807, 2.05) is 0 Å². The van der Waals surface area contributed by atoms with Crippen LogP contribution in [-0.4, -0.2) is 53.8 Å². The van der Waals surface area contributed by atoms with E-state index in [4.69, 9.17) is 5.11 Å². The molecule has 0 aromatic carbocycles. The van der Waals surface area contributed by atoms with Gasteiger partial charge in [-0.05, 0) is 25.0 Å². The summed E-state index contributed by atoms with van der Waals surface area (Å²) in [6.45, 7) is 3.16. The minimum absolute atomic E-state index is 0.0110. The fourth-order valence-electron chi connectivity index (χ4n) is 2.31. The number of carbonyl (C=O) groups excluding carboxylic acids is 1. The van der Waals surface area contributed by atoms with Gasteiger partial charge in [-0.3, -0.25) is 14.6 Å². The lowest BCUT2D eigenvalue weighted by Crippen LogP contribution is -2.52. The molecule has 1 aromatic heterocycles. The molecule has 1 heterocycles. The van der Waals surface area contributed by atoms with Crippen LogP contribution in [0.25, 0.3) is 0 Å². The number of rotatable bonds is 9. The number of likely N-dealkylation sites (N-methyl/N-ethyl adjacent to an activating group) is 1. The van der Waals surface area contributed by atoms with Gasteiger partial charge >= 0.3 is 5.97 Å². The number of aromatic nitrogens is 1. The number of pyridine rings is 1. The minimum Gasteiger partial charge on any atom is -0.481 e. The molecule has 1 amide bonds. The predicted molar refractivity (Wildman–Crippen MR) is 87.8 cm³/mol. The predicted octanol–water partition coefficient (Wildman–Crippen LogP) is 0.852. The molecule has 0 bridgehead atoms. The summed E-state index contributed by atoms with van der Waals surface area (Å²) >= 11 is 0. The SMILES string of the molecule is CCC(CC)(CC(=O)O)NC(=O)CN(C)S(=O)(=O)c1cccnc1. The van der Waals surface area contributed by atoms with Crippen LogP contribution in [-0.2, 0) is 19.6 Å². The van der Waals surface area contributed by atoms with Crippen molar-refractivity contribution in [2.75, 3.05) is 13.6 Å². The van der Waals surface area contributed by atoms with Crippen LogP contribution >= 0.6 is 0 Å². The maximum atomic E-state index is 12.4. The molecular weight excluding hydrogens is 334 g/mol. The molecule has 1 rings (SSSR count). The molecule has 0 saturated heterocycles. The van der Waals surface area contributed by atoms with E-state index in [0.29, 0.717) is 12.8 Å². The van der Waals surface area contributed by atoms with E-state index in [1.165, 1.54) is 31.6 Å². The van der Waals surface area contributed by atoms with Crippen molar-refractivity contribution < 1.29 is 23.1 Å². The van der Waals surface area contributed by atoms with Crippen molar-refractivity contribution in [3.05, 3.63) is 24.5 Å². The highest BCUT2D eigenvalue weighted by molar-refractivity contribution is 7.89. The van der Waals surface area contributed by atoms with Gasteiger partial charge < -0.3 is 10.4 Å². The van der Waals surface area contributed by atoms with E-state index in [0.717, 1.165) is 4.31 Å². The topological polar surface area (TPSA) is 117 Å². The van der Waals surface area contributed by atoms with Crippen molar-refractivity contribution in [1.29, 1.82) is 0 Å². The van der Waals surface area contributed by atoms with Gasteiger partial charge in [0.2, 0.25) is 15.9 Å². The number of carboxylic acids is 1. The first-order valence-corrected chi connectivity index (χ1v) is 9.00. The first-order valence-electron chi connectivity index (χ1n) is 7.56. The Bertz CT molecular complexity index is 672. The third-order valence-corrected chi connectivity index (χ3v) is 5.74. The van der Waals surface area contributed by atoms with Crippen molar-refractivity contribution in [2.45, 2.75) is 43.5 Å². The smallest absolute Gasteiger partial charge is 0.305 e. The number of nitrogens with one attached hydrogen (secondary N) is 1. The second kappa shape index (κ2) is 8.20. The number of carbonyl (C=O) groups is 2. The fourth-order valence-corrected chi connectivity index (χ4v) is 3.40. The standard InChI is InChI=1S/C15H23N3O5S/c1-4-15(5-2,9-14(20)21)17-13(19)11-18(3)24(22,23)12-7-6-8-16-10-12/h6-8,10H,4-5,9,11H2,1-3H3,(H,17,19)(H,20,21). The van der Waals surface area contributed by atoms with Gasteiger partial charge in [0.15, 0.2) is 0 Å². The fraction of sp³-hybridized carbons (Fsp3) is 0.533. The van der Waals surface area contributed by atoms with Crippen LogP contribution in [0.15, 0.2) is 29.4 Å². The molecule has 2 N–H and O–H groups in total. The Kier molecular flexibility index (Phi) is 6.85. The Balaban J connectivity index is 2.84. The molecule has 0 aliphatic heterocycles. The Morgan fingerprint density at radius 1 is 1.33 bits per heavy atom. The highest BCUT2D eigenvalue weighted by Gasteiger charge is 2.32. The molecule has 0 spiro atoms. The summed E-state index contributed by atoms with van der Waals surface area (Å²) in [5, 5.41) is 11.7. The van der Waals surface area contributed by atoms with Crippen LogP contribution in [0.5, 0.6) is 0 Å². The largest absolute Gasteiger partial charge is 0.481 e. The maximum Gasteiger partial charge on any atom is 0.305 e. The average Bonchev–Trinajstić information content (AvgIpc) is 2.54. The van der Waals surface area contributed by atoms with Gasteiger partial charge in [0.05, 0.1) is 13.0 Å². The second-order valence-corrected chi connectivity index (χ2v) is 7.60. The molecule has 8 nitrogen and oxygen atoms in total. The van der Waals surface area contributed by atoms with E-state index in [-0.39, 0.29) is 11.3 Å². The number of sulfonamides is 1. The van der Waals surface area contributed by atoms with Gasteiger partial charge in [-0.2, -0.15) is 4.31 Å². The van der Waals surface area contributed by atoms with E-state index >= 15 is 0 Å². The lowest BCUT2D eigenvalue weighted by molar-refractivity contribution is -0.139. The lowest BCUT2D eigenvalue weighted by Gasteiger charge is -2.32. The summed E-state index contributed by atoms with van der Waals surface area (Å²) in [5.74, 6) is -1.56. The van der Waals surface area contributed by atoms with Gasteiger partial charge in [-0.25, -0.2) is 8.42 Å². The first kappa shape index (κ1) is 20.0. The summed E-state index contributed by atoms with van der Waals surface area (Å²) in [6, 6.07) is 2.89. The molecule has 0 radical (unpaired) electrons. The number of hydrogen-bond donors (Lipinski definition) is 2. The Morgan fingerprint density at radius 2 is 1.96 bits per heavy atom. The number of hydrogen-bond acceptors (Lipinski definition) is 5. The Labute approximate surface area is 141 Å². The molecular formula is C15H23N3O5S. The maximum absolute atomic E-state index is 12.4. The number of carboxylic acid groups (broad SMARTS) is 1. The van der Waals surface area contributed by atoms with Crippen molar-refractivity contribution in [2.24, 2.45) is 0 Å². The molecule has 9 heteroatoms. The summed E-state index contributed by atoms with van der Waals surface area (Å²) in [6.07, 6.45) is 3.30. The lowest BCUT2D eigenvalue weighted by atomic mass is 9.89. The summed E-state index contributed by atoms with van der Waals surface area (Å²) in [7, 11) is -2.54.